The van der Waals surface area contributed by atoms with Crippen molar-refractivity contribution in [1.29, 1.82) is 0 Å². The molecule has 0 saturated carbocycles. The number of piperidine rings is 1. The van der Waals surface area contributed by atoms with Crippen molar-refractivity contribution in [2.24, 2.45) is 0 Å². The van der Waals surface area contributed by atoms with Crippen LogP contribution in [0.25, 0.3) is 5.65 Å². The maximum atomic E-state index is 12.4. The zero-order chi connectivity index (χ0) is 18.3. The van der Waals surface area contributed by atoms with Crippen LogP contribution in [0.4, 0.5) is 0 Å². The number of carbonyl (C=O) groups is 1. The van der Waals surface area contributed by atoms with Gasteiger partial charge < -0.3 is 4.90 Å². The van der Waals surface area contributed by atoms with Crippen molar-refractivity contribution in [3.63, 3.8) is 0 Å². The van der Waals surface area contributed by atoms with Crippen LogP contribution in [-0.2, 0) is 11.3 Å². The summed E-state index contributed by atoms with van der Waals surface area (Å²) in [4.78, 5) is 31.2. The number of H-pyrrole nitrogens is 1. The highest BCUT2D eigenvalue weighted by molar-refractivity contribution is 5.76. The summed E-state index contributed by atoms with van der Waals surface area (Å²) < 4.78 is 3.14. The number of hydrogen-bond acceptors (Lipinski definition) is 4. The Labute approximate surface area is 150 Å². The van der Waals surface area contributed by atoms with Gasteiger partial charge in [-0.05, 0) is 32.3 Å². The van der Waals surface area contributed by atoms with Gasteiger partial charge in [0.1, 0.15) is 6.54 Å². The summed E-state index contributed by atoms with van der Waals surface area (Å²) in [7, 11) is 0. The molecule has 0 radical (unpaired) electrons. The number of fused-ring (bicyclic) bond motifs is 1. The number of carbonyl (C=O) groups excluding carboxylic acids is 1. The van der Waals surface area contributed by atoms with Crippen LogP contribution in [0.15, 0.2) is 29.3 Å². The normalized spacial score (nSPS) is 15.7. The van der Waals surface area contributed by atoms with E-state index in [0.717, 1.165) is 29.8 Å². The van der Waals surface area contributed by atoms with Crippen LogP contribution in [0, 0.1) is 13.8 Å². The van der Waals surface area contributed by atoms with Gasteiger partial charge in [-0.25, -0.2) is 9.50 Å². The molecular formula is C18H22N6O2. The first-order chi connectivity index (χ1) is 12.5. The maximum Gasteiger partial charge on any atom is 0.272 e. The number of aryl methyl sites for hydroxylation is 2. The number of hydrogen-bond donors (Lipinski definition) is 1. The van der Waals surface area contributed by atoms with Crippen LogP contribution in [0.3, 0.4) is 0 Å². The Bertz CT molecular complexity index is 1010. The summed E-state index contributed by atoms with van der Waals surface area (Å²) in [6.07, 6.45) is 5.25. The van der Waals surface area contributed by atoms with E-state index in [1.165, 1.54) is 4.52 Å². The van der Waals surface area contributed by atoms with Crippen LogP contribution < -0.4 is 5.56 Å². The smallest absolute Gasteiger partial charge is 0.272 e. The lowest BCUT2D eigenvalue weighted by molar-refractivity contribution is -0.133. The molecule has 0 aliphatic carbocycles. The van der Waals surface area contributed by atoms with Gasteiger partial charge in [0.05, 0.1) is 11.9 Å². The summed E-state index contributed by atoms with van der Waals surface area (Å²) in [5.41, 5.74) is 3.33. The van der Waals surface area contributed by atoms with Gasteiger partial charge in [-0.1, -0.05) is 0 Å². The average Bonchev–Trinajstić information content (AvgIpc) is 3.20. The van der Waals surface area contributed by atoms with Gasteiger partial charge >= 0.3 is 0 Å². The van der Waals surface area contributed by atoms with Crippen molar-refractivity contribution >= 4 is 11.6 Å². The Morgan fingerprint density at radius 1 is 1.27 bits per heavy atom. The zero-order valence-corrected chi connectivity index (χ0v) is 15.0. The molecule has 4 rings (SSSR count). The van der Waals surface area contributed by atoms with Crippen molar-refractivity contribution in [3.05, 3.63) is 51.8 Å². The minimum atomic E-state index is -0.0920. The average molecular weight is 354 g/mol. The number of amides is 1. The van der Waals surface area contributed by atoms with Gasteiger partial charge in [0.25, 0.3) is 5.56 Å². The van der Waals surface area contributed by atoms with Crippen LogP contribution in [0.1, 0.15) is 35.7 Å². The van der Waals surface area contributed by atoms with E-state index >= 15 is 0 Å². The van der Waals surface area contributed by atoms with Gasteiger partial charge in [0, 0.05) is 43.0 Å². The van der Waals surface area contributed by atoms with Crippen molar-refractivity contribution in [3.8, 4) is 0 Å². The molecule has 4 heterocycles. The quantitative estimate of drug-likeness (QED) is 0.766. The summed E-state index contributed by atoms with van der Waals surface area (Å²) in [6.45, 7) is 5.48. The molecule has 26 heavy (non-hydrogen) atoms. The fourth-order valence-electron chi connectivity index (χ4n) is 3.56. The molecule has 1 saturated heterocycles. The lowest BCUT2D eigenvalue weighted by Gasteiger charge is -2.31. The second kappa shape index (κ2) is 6.44. The first kappa shape index (κ1) is 16.6. The Hall–Kier alpha value is -2.90. The highest BCUT2D eigenvalue weighted by Gasteiger charge is 2.25. The number of nitrogens with one attached hydrogen (secondary N) is 1. The van der Waals surface area contributed by atoms with Crippen molar-refractivity contribution < 1.29 is 4.79 Å². The van der Waals surface area contributed by atoms with E-state index in [1.54, 1.807) is 16.9 Å². The molecule has 1 amide bonds. The first-order valence-electron chi connectivity index (χ1n) is 8.86. The predicted molar refractivity (Wildman–Crippen MR) is 96.1 cm³/mol. The summed E-state index contributed by atoms with van der Waals surface area (Å²) in [5.74, 6) is 0.287. The largest absolute Gasteiger partial charge is 0.341 e. The fraction of sp³-hybridized carbons (Fsp3) is 0.444. The zero-order valence-electron chi connectivity index (χ0n) is 15.0. The van der Waals surface area contributed by atoms with Crippen LogP contribution >= 0.6 is 0 Å². The second-order valence-electron chi connectivity index (χ2n) is 7.02. The van der Waals surface area contributed by atoms with E-state index in [0.29, 0.717) is 18.7 Å². The molecular weight excluding hydrogens is 332 g/mol. The molecule has 0 aromatic carbocycles. The standard InChI is InChI=1S/C18H22N6O2/c1-12-9-19-23(10-12)11-18(26)22-5-3-14(4-6-22)15-8-17(25)24-16(20-15)7-13(2)21-24/h7-10,14,21H,3-6,11H2,1-2H3. The predicted octanol–water partition coefficient (Wildman–Crippen LogP) is 1.24. The molecule has 136 valence electrons. The number of nitrogens with zero attached hydrogens (tertiary/aromatic N) is 5. The first-order valence-corrected chi connectivity index (χ1v) is 8.86. The van der Waals surface area contributed by atoms with Crippen LogP contribution in [0.2, 0.25) is 0 Å². The lowest BCUT2D eigenvalue weighted by atomic mass is 9.93. The second-order valence-corrected chi connectivity index (χ2v) is 7.02. The molecule has 8 heteroatoms. The monoisotopic (exact) mass is 354 g/mol. The molecule has 1 aliphatic rings. The van der Waals surface area contributed by atoms with E-state index in [-0.39, 0.29) is 23.9 Å². The molecule has 8 nitrogen and oxygen atoms in total. The molecule has 1 aliphatic heterocycles. The van der Waals surface area contributed by atoms with Gasteiger partial charge in [-0.15, -0.1) is 0 Å². The van der Waals surface area contributed by atoms with E-state index in [2.05, 4.69) is 15.2 Å². The number of likely N-dealkylation sites (tertiary alicyclic amines) is 1. The molecule has 0 spiro atoms. The molecule has 1 N–H and O–H groups in total. The maximum absolute atomic E-state index is 12.4. The van der Waals surface area contributed by atoms with Crippen LogP contribution in [-0.4, -0.2) is 48.3 Å². The molecule has 0 atom stereocenters. The van der Waals surface area contributed by atoms with E-state index in [4.69, 9.17) is 0 Å². The molecule has 0 unspecified atom stereocenters. The molecule has 3 aromatic rings. The lowest BCUT2D eigenvalue weighted by Crippen LogP contribution is -2.40. The van der Waals surface area contributed by atoms with Gasteiger partial charge in [-0.2, -0.15) is 5.10 Å². The van der Waals surface area contributed by atoms with Gasteiger partial charge in [0.2, 0.25) is 5.91 Å². The van der Waals surface area contributed by atoms with E-state index < -0.39 is 0 Å². The highest BCUT2D eigenvalue weighted by Crippen LogP contribution is 2.26. The van der Waals surface area contributed by atoms with Crippen molar-refractivity contribution in [2.45, 2.75) is 39.2 Å². The minimum absolute atomic E-state index is 0.0799. The van der Waals surface area contributed by atoms with Gasteiger partial charge in [-0.3, -0.25) is 19.4 Å². The summed E-state index contributed by atoms with van der Waals surface area (Å²) in [6, 6.07) is 3.48. The molecule has 3 aromatic heterocycles. The Morgan fingerprint density at radius 2 is 2.04 bits per heavy atom. The van der Waals surface area contributed by atoms with Crippen molar-refractivity contribution in [2.75, 3.05) is 13.1 Å². The van der Waals surface area contributed by atoms with Crippen LogP contribution in [0.5, 0.6) is 0 Å². The van der Waals surface area contributed by atoms with E-state index in [9.17, 15) is 9.59 Å². The fourth-order valence-corrected chi connectivity index (χ4v) is 3.56. The van der Waals surface area contributed by atoms with Gasteiger partial charge in [0.15, 0.2) is 5.65 Å². The highest BCUT2D eigenvalue weighted by atomic mass is 16.2. The Morgan fingerprint density at radius 3 is 2.73 bits per heavy atom. The third-order valence-corrected chi connectivity index (χ3v) is 4.92. The van der Waals surface area contributed by atoms with Crippen molar-refractivity contribution in [1.82, 2.24) is 29.3 Å². The third-order valence-electron chi connectivity index (χ3n) is 4.92. The number of rotatable bonds is 3. The Kier molecular flexibility index (Phi) is 4.10. The topological polar surface area (TPSA) is 88.3 Å². The number of aromatic amines is 1. The molecule has 1 fully saturated rings. The third kappa shape index (κ3) is 3.14. The SMILES string of the molecule is Cc1cnn(CC(=O)N2CCC(c3cc(=O)n4[nH]c(C)cc4n3)CC2)c1. The van der Waals surface area contributed by atoms with E-state index in [1.807, 2.05) is 31.0 Å². The number of aromatic nitrogens is 5. The molecule has 0 bridgehead atoms. The minimum Gasteiger partial charge on any atom is -0.341 e. The summed E-state index contributed by atoms with van der Waals surface area (Å²) in [5, 5.41) is 7.16. The summed E-state index contributed by atoms with van der Waals surface area (Å²) >= 11 is 0. The Balaban J connectivity index is 1.43.